The molecule has 1 aliphatic rings. The van der Waals surface area contributed by atoms with E-state index < -0.39 is 17.7 Å². The lowest BCUT2D eigenvalue weighted by Gasteiger charge is -2.29. The Balaban J connectivity index is 1.84. The van der Waals surface area contributed by atoms with E-state index in [2.05, 4.69) is 5.32 Å². The quantitative estimate of drug-likeness (QED) is 0.847. The van der Waals surface area contributed by atoms with Crippen molar-refractivity contribution in [2.45, 2.75) is 44.9 Å². The predicted molar refractivity (Wildman–Crippen MR) is 106 cm³/mol. The Bertz CT molecular complexity index is 845. The Morgan fingerprint density at radius 2 is 1.82 bits per heavy atom. The van der Waals surface area contributed by atoms with E-state index in [1.165, 1.54) is 0 Å². The lowest BCUT2D eigenvalue weighted by atomic mass is 9.97. The van der Waals surface area contributed by atoms with Crippen molar-refractivity contribution < 1.29 is 19.4 Å². The van der Waals surface area contributed by atoms with Gasteiger partial charge >= 0.3 is 6.09 Å². The monoisotopic (exact) mass is 382 g/mol. The van der Waals surface area contributed by atoms with Crippen LogP contribution in [-0.2, 0) is 9.53 Å². The SMILES string of the molecule is CC(C)(C)OC(=O)NC1CCN(C(c2ccccc2)c2cccc(O)c2)C1=O. The van der Waals surface area contributed by atoms with Crippen LogP contribution in [0.5, 0.6) is 5.75 Å². The molecule has 2 N–H and O–H groups in total. The molecule has 1 fully saturated rings. The number of benzene rings is 2. The van der Waals surface area contributed by atoms with Crippen LogP contribution in [-0.4, -0.2) is 40.2 Å². The second-order valence-electron chi connectivity index (χ2n) is 7.93. The van der Waals surface area contributed by atoms with Gasteiger partial charge in [0, 0.05) is 6.54 Å². The first-order chi connectivity index (χ1) is 13.2. The molecule has 1 heterocycles. The number of rotatable bonds is 4. The van der Waals surface area contributed by atoms with Gasteiger partial charge in [0.05, 0.1) is 6.04 Å². The number of amides is 2. The number of carbonyl (C=O) groups is 2. The highest BCUT2D eigenvalue weighted by Crippen LogP contribution is 2.33. The number of ether oxygens (including phenoxy) is 1. The van der Waals surface area contributed by atoms with Gasteiger partial charge in [0.1, 0.15) is 17.4 Å². The topological polar surface area (TPSA) is 78.9 Å². The molecule has 2 atom stereocenters. The van der Waals surface area contributed by atoms with Crippen molar-refractivity contribution in [3.63, 3.8) is 0 Å². The Hall–Kier alpha value is -3.02. The molecule has 1 aliphatic heterocycles. The molecule has 2 amide bonds. The Kier molecular flexibility index (Phi) is 5.58. The highest BCUT2D eigenvalue weighted by Gasteiger charge is 2.38. The summed E-state index contributed by atoms with van der Waals surface area (Å²) in [4.78, 5) is 26.9. The number of nitrogens with one attached hydrogen (secondary N) is 1. The molecule has 0 saturated carbocycles. The van der Waals surface area contributed by atoms with Crippen molar-refractivity contribution in [1.82, 2.24) is 10.2 Å². The van der Waals surface area contributed by atoms with Crippen LogP contribution in [0.15, 0.2) is 54.6 Å². The number of nitrogens with zero attached hydrogens (tertiary/aromatic N) is 1. The van der Waals surface area contributed by atoms with Gasteiger partial charge in [0.25, 0.3) is 0 Å². The summed E-state index contributed by atoms with van der Waals surface area (Å²) >= 11 is 0. The van der Waals surface area contributed by atoms with Gasteiger partial charge in [-0.1, -0.05) is 42.5 Å². The summed E-state index contributed by atoms with van der Waals surface area (Å²) in [5.41, 5.74) is 1.14. The predicted octanol–water partition coefficient (Wildman–Crippen LogP) is 3.61. The Morgan fingerprint density at radius 1 is 1.14 bits per heavy atom. The van der Waals surface area contributed by atoms with Gasteiger partial charge in [0.15, 0.2) is 0 Å². The van der Waals surface area contributed by atoms with Crippen LogP contribution < -0.4 is 5.32 Å². The highest BCUT2D eigenvalue weighted by atomic mass is 16.6. The number of carbonyl (C=O) groups excluding carboxylic acids is 2. The number of aromatic hydroxyl groups is 1. The molecular formula is C22H26N2O4. The molecule has 6 nitrogen and oxygen atoms in total. The van der Waals surface area contributed by atoms with Crippen LogP contribution in [0.1, 0.15) is 44.4 Å². The van der Waals surface area contributed by atoms with Crippen molar-refractivity contribution in [3.8, 4) is 5.75 Å². The fraction of sp³-hybridized carbons (Fsp3) is 0.364. The van der Waals surface area contributed by atoms with Crippen molar-refractivity contribution in [2.24, 2.45) is 0 Å². The lowest BCUT2D eigenvalue weighted by Crippen LogP contribution is -2.44. The minimum Gasteiger partial charge on any atom is -0.508 e. The van der Waals surface area contributed by atoms with Gasteiger partial charge in [-0.05, 0) is 50.5 Å². The number of hydrogen-bond donors (Lipinski definition) is 2. The second-order valence-corrected chi connectivity index (χ2v) is 7.93. The van der Waals surface area contributed by atoms with Gasteiger partial charge in [-0.2, -0.15) is 0 Å². The summed E-state index contributed by atoms with van der Waals surface area (Å²) in [5, 5.41) is 12.6. The average molecular weight is 382 g/mol. The fourth-order valence-corrected chi connectivity index (χ4v) is 3.42. The fourth-order valence-electron chi connectivity index (χ4n) is 3.42. The summed E-state index contributed by atoms with van der Waals surface area (Å²) < 4.78 is 5.27. The largest absolute Gasteiger partial charge is 0.508 e. The van der Waals surface area contributed by atoms with Crippen molar-refractivity contribution in [3.05, 3.63) is 65.7 Å². The van der Waals surface area contributed by atoms with E-state index in [0.717, 1.165) is 11.1 Å². The molecular weight excluding hydrogens is 356 g/mol. The van der Waals surface area contributed by atoms with E-state index >= 15 is 0 Å². The van der Waals surface area contributed by atoms with E-state index in [9.17, 15) is 14.7 Å². The Labute approximate surface area is 165 Å². The van der Waals surface area contributed by atoms with Crippen molar-refractivity contribution in [1.29, 1.82) is 0 Å². The zero-order chi connectivity index (χ0) is 20.3. The maximum absolute atomic E-state index is 13.1. The van der Waals surface area contributed by atoms with Crippen LogP contribution in [0, 0.1) is 0 Å². The van der Waals surface area contributed by atoms with Crippen LogP contribution in [0.2, 0.25) is 0 Å². The number of phenolic OH excluding ortho intramolecular Hbond substituents is 1. The second kappa shape index (κ2) is 7.92. The maximum Gasteiger partial charge on any atom is 0.408 e. The van der Waals surface area contributed by atoms with E-state index in [-0.39, 0.29) is 17.7 Å². The highest BCUT2D eigenvalue weighted by molar-refractivity contribution is 5.88. The minimum absolute atomic E-state index is 0.147. The summed E-state index contributed by atoms with van der Waals surface area (Å²) in [6, 6.07) is 15.6. The summed E-state index contributed by atoms with van der Waals surface area (Å²) in [5.74, 6) is -0.0171. The third-order valence-corrected chi connectivity index (χ3v) is 4.54. The molecule has 2 aromatic rings. The van der Waals surface area contributed by atoms with Gasteiger partial charge in [-0.25, -0.2) is 4.79 Å². The first-order valence-corrected chi connectivity index (χ1v) is 9.38. The number of likely N-dealkylation sites (tertiary alicyclic amines) is 1. The summed E-state index contributed by atoms with van der Waals surface area (Å²) in [6.45, 7) is 5.84. The zero-order valence-electron chi connectivity index (χ0n) is 16.4. The number of phenols is 1. The number of hydrogen-bond acceptors (Lipinski definition) is 4. The van der Waals surface area contributed by atoms with Gasteiger partial charge in [-0.3, -0.25) is 4.79 Å². The molecule has 0 aromatic heterocycles. The van der Waals surface area contributed by atoms with Gasteiger partial charge in [0.2, 0.25) is 5.91 Å². The van der Waals surface area contributed by atoms with Crippen molar-refractivity contribution in [2.75, 3.05) is 6.54 Å². The van der Waals surface area contributed by atoms with Crippen LogP contribution in [0.3, 0.4) is 0 Å². The third kappa shape index (κ3) is 4.63. The molecule has 0 aliphatic carbocycles. The summed E-state index contributed by atoms with van der Waals surface area (Å²) in [7, 11) is 0. The molecule has 0 spiro atoms. The zero-order valence-corrected chi connectivity index (χ0v) is 16.4. The van der Waals surface area contributed by atoms with E-state index in [1.54, 1.807) is 43.9 Å². The molecule has 3 rings (SSSR count). The summed E-state index contributed by atoms with van der Waals surface area (Å²) in [6.07, 6.45) is -0.0958. The molecule has 28 heavy (non-hydrogen) atoms. The van der Waals surface area contributed by atoms with Gasteiger partial charge in [-0.15, -0.1) is 0 Å². The first kappa shape index (κ1) is 19.7. The molecule has 6 heteroatoms. The van der Waals surface area contributed by atoms with Crippen LogP contribution >= 0.6 is 0 Å². The van der Waals surface area contributed by atoms with Crippen LogP contribution in [0.25, 0.3) is 0 Å². The van der Waals surface area contributed by atoms with E-state index in [0.29, 0.717) is 13.0 Å². The number of alkyl carbamates (subject to hydrolysis) is 1. The smallest absolute Gasteiger partial charge is 0.408 e. The van der Waals surface area contributed by atoms with E-state index in [1.807, 2.05) is 36.4 Å². The molecule has 1 saturated heterocycles. The normalized spacial score (nSPS) is 18.0. The molecule has 2 unspecified atom stereocenters. The van der Waals surface area contributed by atoms with E-state index in [4.69, 9.17) is 4.74 Å². The molecule has 0 radical (unpaired) electrons. The maximum atomic E-state index is 13.1. The van der Waals surface area contributed by atoms with Crippen LogP contribution in [0.4, 0.5) is 4.79 Å². The third-order valence-electron chi connectivity index (χ3n) is 4.54. The molecule has 148 valence electrons. The molecule has 2 aromatic carbocycles. The minimum atomic E-state index is -0.627. The first-order valence-electron chi connectivity index (χ1n) is 9.38. The Morgan fingerprint density at radius 3 is 2.46 bits per heavy atom. The standard InChI is InChI=1S/C22H26N2O4/c1-22(2,3)28-21(27)23-18-12-13-24(20(18)26)19(15-8-5-4-6-9-15)16-10-7-11-17(25)14-16/h4-11,14,18-19,25H,12-13H2,1-3H3,(H,23,27). The van der Waals surface area contributed by atoms with Gasteiger partial charge < -0.3 is 20.1 Å². The van der Waals surface area contributed by atoms with Crippen molar-refractivity contribution >= 4 is 12.0 Å². The molecule has 0 bridgehead atoms. The average Bonchev–Trinajstić information content (AvgIpc) is 2.95. The lowest BCUT2D eigenvalue weighted by molar-refractivity contribution is -0.130.